The molecule has 1 aliphatic heterocycles. The van der Waals surface area contributed by atoms with Crippen LogP contribution in [0.15, 0.2) is 82.6 Å². The normalized spacial score (nSPS) is 19.8. The van der Waals surface area contributed by atoms with Crippen LogP contribution in [0.2, 0.25) is 0 Å². The lowest BCUT2D eigenvalue weighted by Crippen LogP contribution is -2.45. The number of nitrogens with one attached hydrogen (secondary N) is 1. The molecule has 2 atom stereocenters. The van der Waals surface area contributed by atoms with Crippen molar-refractivity contribution < 1.29 is 32.1 Å². The average Bonchev–Trinajstić information content (AvgIpc) is 3.32. The van der Waals surface area contributed by atoms with E-state index in [-0.39, 0.29) is 41.2 Å². The minimum Gasteiger partial charge on any atom is -0.467 e. The number of hydrogen-bond donors (Lipinski definition) is 1. The Hall–Kier alpha value is -4.41. The lowest BCUT2D eigenvalue weighted by Gasteiger charge is -2.33. The SMILES string of the molecule is O=C1C[C@@H](c2cccc([N+](=O)[O-])c2)CC2=C1[C@@H](c1ccco1)N(C(=O)C(F)(F)F)c1ccccc1N2. The van der Waals surface area contributed by atoms with E-state index in [4.69, 9.17) is 4.42 Å². The van der Waals surface area contributed by atoms with Crippen LogP contribution < -0.4 is 10.2 Å². The van der Waals surface area contributed by atoms with Gasteiger partial charge in [0, 0.05) is 29.8 Å². The Morgan fingerprint density at radius 1 is 1.08 bits per heavy atom. The second-order valence-electron chi connectivity index (χ2n) is 8.51. The van der Waals surface area contributed by atoms with Gasteiger partial charge in [0.05, 0.1) is 22.6 Å². The molecule has 0 spiro atoms. The standard InChI is InChI=1S/C25H18F3N3O5/c26-25(27,28)24(33)30-19-8-2-1-7-17(19)29-18-12-15(14-5-3-6-16(11-14)31(34)35)13-20(32)22(18)23(30)21-9-4-10-36-21/h1-11,15,23,29H,12-13H2/t15-,23+/m0/s1. The number of nitro groups is 1. The molecule has 0 unspecified atom stereocenters. The van der Waals surface area contributed by atoms with E-state index in [0.29, 0.717) is 16.2 Å². The molecule has 36 heavy (non-hydrogen) atoms. The Morgan fingerprint density at radius 3 is 2.56 bits per heavy atom. The van der Waals surface area contributed by atoms with Crippen LogP contribution in [0.5, 0.6) is 0 Å². The van der Waals surface area contributed by atoms with Crippen molar-refractivity contribution in [3.8, 4) is 0 Å². The number of furan rings is 1. The Labute approximate surface area is 202 Å². The summed E-state index contributed by atoms with van der Waals surface area (Å²) in [7, 11) is 0. The quantitative estimate of drug-likeness (QED) is 0.370. The van der Waals surface area contributed by atoms with Gasteiger partial charge in [-0.15, -0.1) is 0 Å². The number of Topliss-reactive ketones (excluding diaryl/α,β-unsaturated/α-hetero) is 1. The molecule has 8 nitrogen and oxygen atoms in total. The summed E-state index contributed by atoms with van der Waals surface area (Å²) < 4.78 is 46.8. The van der Waals surface area contributed by atoms with Gasteiger partial charge in [-0.2, -0.15) is 13.2 Å². The van der Waals surface area contributed by atoms with E-state index < -0.39 is 34.7 Å². The smallest absolute Gasteiger partial charge is 0.467 e. The molecule has 1 N–H and O–H groups in total. The monoisotopic (exact) mass is 497 g/mol. The molecule has 0 bridgehead atoms. The summed E-state index contributed by atoms with van der Waals surface area (Å²) >= 11 is 0. The zero-order valence-electron chi connectivity index (χ0n) is 18.5. The molecule has 1 aliphatic carbocycles. The lowest BCUT2D eigenvalue weighted by molar-refractivity contribution is -0.384. The van der Waals surface area contributed by atoms with Crippen molar-refractivity contribution in [2.24, 2.45) is 0 Å². The van der Waals surface area contributed by atoms with Crippen molar-refractivity contribution in [2.45, 2.75) is 31.0 Å². The first-order chi connectivity index (χ1) is 17.1. The van der Waals surface area contributed by atoms with Crippen molar-refractivity contribution in [3.63, 3.8) is 0 Å². The number of nitrogens with zero attached hydrogens (tertiary/aromatic N) is 2. The Morgan fingerprint density at radius 2 is 1.86 bits per heavy atom. The van der Waals surface area contributed by atoms with Gasteiger partial charge in [-0.25, -0.2) is 0 Å². The van der Waals surface area contributed by atoms with Gasteiger partial charge in [0.2, 0.25) is 0 Å². The fraction of sp³-hybridized carbons (Fsp3) is 0.200. The van der Waals surface area contributed by atoms with Crippen LogP contribution in [0.1, 0.15) is 36.1 Å². The predicted molar refractivity (Wildman–Crippen MR) is 122 cm³/mol. The Kier molecular flexibility index (Phi) is 5.62. The molecular weight excluding hydrogens is 479 g/mol. The highest BCUT2D eigenvalue weighted by Gasteiger charge is 2.50. The fourth-order valence-electron chi connectivity index (χ4n) is 4.79. The number of halogens is 3. The van der Waals surface area contributed by atoms with Crippen molar-refractivity contribution >= 4 is 28.8 Å². The van der Waals surface area contributed by atoms with Gasteiger partial charge in [0.1, 0.15) is 11.8 Å². The van der Waals surface area contributed by atoms with Crippen LogP contribution >= 0.6 is 0 Å². The van der Waals surface area contributed by atoms with Crippen LogP contribution in [0.4, 0.5) is 30.2 Å². The molecule has 2 aromatic carbocycles. The number of nitro benzene ring substituents is 1. The minimum absolute atomic E-state index is 0.000696. The molecule has 2 aliphatic rings. The molecule has 1 amide bonds. The topological polar surface area (TPSA) is 106 Å². The molecule has 3 aromatic rings. The molecule has 0 saturated carbocycles. The summed E-state index contributed by atoms with van der Waals surface area (Å²) in [4.78, 5) is 37.6. The largest absolute Gasteiger partial charge is 0.471 e. The summed E-state index contributed by atoms with van der Waals surface area (Å²) in [6, 6.07) is 13.3. The number of hydrogen-bond acceptors (Lipinski definition) is 6. The maximum atomic E-state index is 13.8. The van der Waals surface area contributed by atoms with Crippen LogP contribution in [-0.2, 0) is 9.59 Å². The van der Waals surface area contributed by atoms with E-state index in [0.717, 1.165) is 0 Å². The number of amides is 1. The van der Waals surface area contributed by atoms with E-state index in [1.165, 1.54) is 54.8 Å². The van der Waals surface area contributed by atoms with Crippen LogP contribution in [0.3, 0.4) is 0 Å². The van der Waals surface area contributed by atoms with Gasteiger partial charge >= 0.3 is 12.1 Å². The number of carbonyl (C=O) groups excluding carboxylic acids is 2. The van der Waals surface area contributed by atoms with Gasteiger partial charge in [0.15, 0.2) is 5.78 Å². The number of non-ortho nitro benzene ring substituents is 1. The minimum atomic E-state index is -5.22. The van der Waals surface area contributed by atoms with Gasteiger partial charge in [-0.1, -0.05) is 24.3 Å². The maximum Gasteiger partial charge on any atom is 0.471 e. The summed E-state index contributed by atoms with van der Waals surface area (Å²) in [5.41, 5.74) is 0.893. The molecule has 2 heterocycles. The van der Waals surface area contributed by atoms with E-state index in [1.807, 2.05) is 0 Å². The number of rotatable bonds is 3. The third-order valence-corrected chi connectivity index (χ3v) is 6.32. The maximum absolute atomic E-state index is 13.8. The fourth-order valence-corrected chi connectivity index (χ4v) is 4.79. The first-order valence-electron chi connectivity index (χ1n) is 11.0. The van der Waals surface area contributed by atoms with Gasteiger partial charge < -0.3 is 9.73 Å². The average molecular weight is 497 g/mol. The zero-order chi connectivity index (χ0) is 25.6. The molecule has 184 valence electrons. The summed E-state index contributed by atoms with van der Waals surface area (Å²) in [6.07, 6.45) is -3.88. The molecule has 0 fully saturated rings. The number of fused-ring (bicyclic) bond motifs is 1. The van der Waals surface area contributed by atoms with Crippen molar-refractivity contribution in [1.29, 1.82) is 0 Å². The number of allylic oxidation sites excluding steroid dienone is 1. The molecule has 0 saturated heterocycles. The lowest BCUT2D eigenvalue weighted by atomic mass is 9.79. The molecule has 11 heteroatoms. The first-order valence-corrected chi connectivity index (χ1v) is 11.0. The highest BCUT2D eigenvalue weighted by Crippen LogP contribution is 2.48. The van der Waals surface area contributed by atoms with E-state index in [2.05, 4.69) is 5.32 Å². The van der Waals surface area contributed by atoms with Crippen LogP contribution in [-0.4, -0.2) is 22.8 Å². The highest BCUT2D eigenvalue weighted by molar-refractivity contribution is 6.07. The highest BCUT2D eigenvalue weighted by atomic mass is 19.4. The number of alkyl halides is 3. The third-order valence-electron chi connectivity index (χ3n) is 6.32. The number of anilines is 2. The zero-order valence-corrected chi connectivity index (χ0v) is 18.5. The first kappa shape index (κ1) is 23.3. The number of benzene rings is 2. The molecule has 1 aromatic heterocycles. The van der Waals surface area contributed by atoms with E-state index in [9.17, 15) is 32.9 Å². The van der Waals surface area contributed by atoms with Gasteiger partial charge in [0.25, 0.3) is 5.69 Å². The van der Waals surface area contributed by atoms with E-state index >= 15 is 0 Å². The molecular formula is C25H18F3N3O5. The summed E-state index contributed by atoms with van der Waals surface area (Å²) in [5.74, 6) is -3.09. The van der Waals surface area contributed by atoms with Crippen LogP contribution in [0, 0.1) is 10.1 Å². The van der Waals surface area contributed by atoms with Crippen molar-refractivity contribution in [3.05, 3.63) is 99.6 Å². The number of ketones is 1. The van der Waals surface area contributed by atoms with E-state index in [1.54, 1.807) is 12.1 Å². The Bertz CT molecular complexity index is 1400. The van der Waals surface area contributed by atoms with Gasteiger partial charge in [-0.05, 0) is 42.2 Å². The Balaban J connectivity index is 1.68. The molecule has 0 radical (unpaired) electrons. The predicted octanol–water partition coefficient (Wildman–Crippen LogP) is 5.65. The third kappa shape index (κ3) is 4.02. The second-order valence-corrected chi connectivity index (χ2v) is 8.51. The summed E-state index contributed by atoms with van der Waals surface area (Å²) in [5, 5.41) is 14.3. The molecule has 5 rings (SSSR count). The number of para-hydroxylation sites is 2. The van der Waals surface area contributed by atoms with Crippen LogP contribution in [0.25, 0.3) is 0 Å². The van der Waals surface area contributed by atoms with Crippen molar-refractivity contribution in [1.82, 2.24) is 0 Å². The number of carbonyl (C=O) groups is 2. The van der Waals surface area contributed by atoms with Gasteiger partial charge in [-0.3, -0.25) is 24.6 Å². The summed E-state index contributed by atoms with van der Waals surface area (Å²) in [6.45, 7) is 0. The second kappa shape index (κ2) is 8.67. The van der Waals surface area contributed by atoms with Crippen molar-refractivity contribution in [2.75, 3.05) is 10.2 Å².